The summed E-state index contributed by atoms with van der Waals surface area (Å²) in [4.78, 5) is 4.64. The van der Waals surface area contributed by atoms with Gasteiger partial charge < -0.3 is 0 Å². The molecule has 1 aliphatic rings. The van der Waals surface area contributed by atoms with Gasteiger partial charge in [0.2, 0.25) is 0 Å². The molecule has 2 heterocycles. The molecule has 0 fully saturated rings. The largest absolute Gasteiger partial charge is 0.298 e. The van der Waals surface area contributed by atoms with Gasteiger partial charge in [-0.15, -0.1) is 0 Å². The van der Waals surface area contributed by atoms with Gasteiger partial charge in [-0.05, 0) is 17.7 Å². The summed E-state index contributed by atoms with van der Waals surface area (Å²) in [5.74, 6) is 0. The lowest BCUT2D eigenvalue weighted by molar-refractivity contribution is 1.16. The van der Waals surface area contributed by atoms with Gasteiger partial charge >= 0.3 is 0 Å². The van der Waals surface area contributed by atoms with Crippen molar-refractivity contribution in [2.75, 3.05) is 0 Å². The van der Waals surface area contributed by atoms with Gasteiger partial charge in [-0.1, -0.05) is 35.9 Å². The SMILES string of the molecule is Clc1cccn2c3c(nc12)Cc1ccccc1-3. The van der Waals surface area contributed by atoms with Crippen molar-refractivity contribution < 1.29 is 0 Å². The van der Waals surface area contributed by atoms with Crippen LogP contribution in [0.1, 0.15) is 11.3 Å². The van der Waals surface area contributed by atoms with E-state index in [1.54, 1.807) is 0 Å². The highest BCUT2D eigenvalue weighted by Crippen LogP contribution is 2.37. The number of imidazole rings is 1. The van der Waals surface area contributed by atoms with Crippen molar-refractivity contribution >= 4 is 17.2 Å². The zero-order valence-corrected chi connectivity index (χ0v) is 9.78. The lowest BCUT2D eigenvalue weighted by Gasteiger charge is -2.02. The summed E-state index contributed by atoms with van der Waals surface area (Å²) in [5, 5.41) is 0.708. The van der Waals surface area contributed by atoms with Crippen LogP contribution >= 0.6 is 11.6 Å². The smallest absolute Gasteiger partial charge is 0.156 e. The molecule has 0 amide bonds. The van der Waals surface area contributed by atoms with E-state index >= 15 is 0 Å². The van der Waals surface area contributed by atoms with Crippen molar-refractivity contribution in [3.63, 3.8) is 0 Å². The fourth-order valence-corrected chi connectivity index (χ4v) is 2.78. The fraction of sp³-hybridized carbons (Fsp3) is 0.0714. The van der Waals surface area contributed by atoms with Crippen molar-refractivity contribution in [2.24, 2.45) is 0 Å². The average Bonchev–Trinajstić information content (AvgIpc) is 2.85. The summed E-state index contributed by atoms with van der Waals surface area (Å²) < 4.78 is 2.09. The Morgan fingerprint density at radius 1 is 1.12 bits per heavy atom. The number of pyridine rings is 1. The van der Waals surface area contributed by atoms with E-state index in [0.29, 0.717) is 5.02 Å². The Bertz CT molecular complexity index is 743. The number of benzene rings is 1. The topological polar surface area (TPSA) is 17.3 Å². The highest BCUT2D eigenvalue weighted by Gasteiger charge is 2.24. The molecule has 3 aromatic rings. The van der Waals surface area contributed by atoms with Crippen molar-refractivity contribution in [1.82, 2.24) is 9.38 Å². The minimum atomic E-state index is 0.708. The van der Waals surface area contributed by atoms with Crippen LogP contribution in [0.25, 0.3) is 16.9 Å². The zero-order chi connectivity index (χ0) is 11.4. The maximum absolute atomic E-state index is 6.17. The molecule has 0 N–H and O–H groups in total. The molecule has 0 unspecified atom stereocenters. The van der Waals surface area contributed by atoms with E-state index in [2.05, 4.69) is 33.7 Å². The minimum Gasteiger partial charge on any atom is -0.298 e. The van der Waals surface area contributed by atoms with Gasteiger partial charge in [-0.2, -0.15) is 0 Å². The van der Waals surface area contributed by atoms with Crippen LogP contribution in [-0.2, 0) is 6.42 Å². The van der Waals surface area contributed by atoms with Gasteiger partial charge in [-0.3, -0.25) is 4.40 Å². The highest BCUT2D eigenvalue weighted by molar-refractivity contribution is 6.33. The lowest BCUT2D eigenvalue weighted by atomic mass is 10.1. The Morgan fingerprint density at radius 3 is 2.94 bits per heavy atom. The molecule has 1 aliphatic carbocycles. The first-order valence-electron chi connectivity index (χ1n) is 5.58. The highest BCUT2D eigenvalue weighted by atomic mass is 35.5. The van der Waals surface area contributed by atoms with Crippen LogP contribution in [0.3, 0.4) is 0 Å². The molecule has 0 radical (unpaired) electrons. The summed E-state index contributed by atoms with van der Waals surface area (Å²) in [6.45, 7) is 0. The molecule has 0 spiro atoms. The molecule has 17 heavy (non-hydrogen) atoms. The quantitative estimate of drug-likeness (QED) is 0.459. The summed E-state index contributed by atoms with van der Waals surface area (Å²) in [7, 11) is 0. The number of nitrogens with zero attached hydrogens (tertiary/aromatic N) is 2. The fourth-order valence-electron chi connectivity index (χ4n) is 2.58. The van der Waals surface area contributed by atoms with Crippen molar-refractivity contribution in [2.45, 2.75) is 6.42 Å². The molecule has 0 saturated heterocycles. The van der Waals surface area contributed by atoms with Gasteiger partial charge in [0.25, 0.3) is 0 Å². The molecular formula is C14H9ClN2. The molecule has 3 heteroatoms. The molecule has 0 saturated carbocycles. The van der Waals surface area contributed by atoms with Crippen LogP contribution in [0.2, 0.25) is 5.02 Å². The third-order valence-electron chi connectivity index (χ3n) is 3.30. The Balaban J connectivity index is 2.15. The Labute approximate surface area is 103 Å². The summed E-state index contributed by atoms with van der Waals surface area (Å²) in [5.41, 5.74) is 5.79. The Morgan fingerprint density at radius 2 is 2.00 bits per heavy atom. The second kappa shape index (κ2) is 3.11. The first kappa shape index (κ1) is 9.25. The number of rotatable bonds is 0. The van der Waals surface area contributed by atoms with Crippen molar-refractivity contribution in [1.29, 1.82) is 0 Å². The number of fused-ring (bicyclic) bond motifs is 5. The van der Waals surface area contributed by atoms with Gasteiger partial charge in [0.05, 0.1) is 16.4 Å². The van der Waals surface area contributed by atoms with Crippen LogP contribution in [-0.4, -0.2) is 9.38 Å². The third-order valence-corrected chi connectivity index (χ3v) is 3.60. The van der Waals surface area contributed by atoms with E-state index in [9.17, 15) is 0 Å². The van der Waals surface area contributed by atoms with E-state index in [1.165, 1.54) is 16.8 Å². The number of halogens is 1. The third kappa shape index (κ3) is 1.13. The first-order chi connectivity index (χ1) is 8.34. The molecule has 0 aliphatic heterocycles. The Kier molecular flexibility index (Phi) is 1.69. The predicted molar refractivity (Wildman–Crippen MR) is 68.4 cm³/mol. The molecule has 4 rings (SSSR count). The molecule has 0 bridgehead atoms. The van der Waals surface area contributed by atoms with E-state index in [4.69, 9.17) is 11.6 Å². The van der Waals surface area contributed by atoms with Crippen molar-refractivity contribution in [3.05, 3.63) is 58.9 Å². The van der Waals surface area contributed by atoms with Gasteiger partial charge in [0, 0.05) is 18.2 Å². The number of hydrogen-bond donors (Lipinski definition) is 0. The van der Waals surface area contributed by atoms with Crippen LogP contribution in [0.5, 0.6) is 0 Å². The molecule has 1 aromatic carbocycles. The van der Waals surface area contributed by atoms with Crippen LogP contribution in [0.15, 0.2) is 42.6 Å². The number of hydrogen-bond acceptors (Lipinski definition) is 1. The molecular weight excluding hydrogens is 232 g/mol. The van der Waals surface area contributed by atoms with Gasteiger partial charge in [-0.25, -0.2) is 4.98 Å². The van der Waals surface area contributed by atoms with Gasteiger partial charge in [0.15, 0.2) is 5.65 Å². The standard InChI is InChI=1S/C14H9ClN2/c15-11-6-3-7-17-13-10-5-2-1-4-9(10)8-12(13)16-14(11)17/h1-7H,8H2. The van der Waals surface area contributed by atoms with Crippen LogP contribution in [0, 0.1) is 0 Å². The van der Waals surface area contributed by atoms with Crippen LogP contribution < -0.4 is 0 Å². The van der Waals surface area contributed by atoms with E-state index in [1.807, 2.05) is 18.3 Å². The maximum Gasteiger partial charge on any atom is 0.156 e. The first-order valence-corrected chi connectivity index (χ1v) is 5.96. The molecule has 2 nitrogen and oxygen atoms in total. The monoisotopic (exact) mass is 240 g/mol. The van der Waals surface area contributed by atoms with E-state index < -0.39 is 0 Å². The normalized spacial score (nSPS) is 12.8. The molecule has 82 valence electrons. The molecule has 2 aromatic heterocycles. The van der Waals surface area contributed by atoms with E-state index in [-0.39, 0.29) is 0 Å². The average molecular weight is 241 g/mol. The van der Waals surface area contributed by atoms with Crippen LogP contribution in [0.4, 0.5) is 0 Å². The molecule has 0 atom stereocenters. The van der Waals surface area contributed by atoms with Gasteiger partial charge in [0.1, 0.15) is 0 Å². The van der Waals surface area contributed by atoms with Crippen molar-refractivity contribution in [3.8, 4) is 11.3 Å². The second-order valence-electron chi connectivity index (χ2n) is 4.29. The Hall–Kier alpha value is -1.80. The maximum atomic E-state index is 6.17. The lowest BCUT2D eigenvalue weighted by Crippen LogP contribution is -1.88. The predicted octanol–water partition coefficient (Wildman–Crippen LogP) is 3.56. The number of aromatic nitrogens is 2. The second-order valence-corrected chi connectivity index (χ2v) is 4.70. The summed E-state index contributed by atoms with van der Waals surface area (Å²) in [6.07, 6.45) is 2.93. The van der Waals surface area contributed by atoms with E-state index in [0.717, 1.165) is 17.8 Å². The summed E-state index contributed by atoms with van der Waals surface area (Å²) in [6, 6.07) is 12.3. The summed E-state index contributed by atoms with van der Waals surface area (Å²) >= 11 is 6.17. The zero-order valence-electron chi connectivity index (χ0n) is 9.02. The minimum absolute atomic E-state index is 0.708.